The Morgan fingerprint density at radius 2 is 1.87 bits per heavy atom. The lowest BCUT2D eigenvalue weighted by Crippen LogP contribution is -2.40. The second kappa shape index (κ2) is 10.5. The van der Waals surface area contributed by atoms with E-state index in [0.29, 0.717) is 44.4 Å². The number of carbonyl (C=O) groups excluding carboxylic acids is 1. The Hall–Kier alpha value is -2.46. The van der Waals surface area contributed by atoms with Crippen molar-refractivity contribution in [2.75, 3.05) is 44.8 Å². The molecular weight excluding hydrogens is 408 g/mol. The topological polar surface area (TPSA) is 94.2 Å². The number of anilines is 1. The minimum Gasteiger partial charge on any atom is -0.455 e. The summed E-state index contributed by atoms with van der Waals surface area (Å²) in [6.07, 6.45) is 0.152. The molecule has 1 heterocycles. The summed E-state index contributed by atoms with van der Waals surface area (Å²) >= 11 is 0. The number of sulfonamides is 1. The Labute approximate surface area is 176 Å². The van der Waals surface area contributed by atoms with Gasteiger partial charge >= 0.3 is 0 Å². The van der Waals surface area contributed by atoms with Crippen LogP contribution in [0.5, 0.6) is 11.5 Å². The van der Waals surface area contributed by atoms with Crippen LogP contribution in [0.1, 0.15) is 13.3 Å². The lowest BCUT2D eigenvalue weighted by molar-refractivity contribution is -0.117. The van der Waals surface area contributed by atoms with Crippen molar-refractivity contribution >= 4 is 21.6 Å². The molecule has 0 atom stereocenters. The molecule has 0 bridgehead atoms. The number of hydrogen-bond donors (Lipinski definition) is 1. The van der Waals surface area contributed by atoms with Crippen molar-refractivity contribution in [1.82, 2.24) is 4.31 Å². The average Bonchev–Trinajstić information content (AvgIpc) is 2.76. The molecule has 0 radical (unpaired) electrons. The van der Waals surface area contributed by atoms with Crippen molar-refractivity contribution in [3.63, 3.8) is 0 Å². The van der Waals surface area contributed by atoms with Crippen LogP contribution >= 0.6 is 0 Å². The quantitative estimate of drug-likeness (QED) is 0.610. The molecule has 2 aromatic carbocycles. The molecule has 0 aromatic heterocycles. The smallest absolute Gasteiger partial charge is 0.243 e. The van der Waals surface area contributed by atoms with Gasteiger partial charge in [-0.3, -0.25) is 4.79 Å². The van der Waals surface area contributed by atoms with Crippen molar-refractivity contribution in [1.29, 1.82) is 0 Å². The molecule has 1 aliphatic heterocycles. The molecule has 1 aliphatic rings. The number of hydrogen-bond acceptors (Lipinski definition) is 6. The van der Waals surface area contributed by atoms with Gasteiger partial charge in [0.2, 0.25) is 15.9 Å². The first kappa shape index (κ1) is 22.2. The number of amides is 1. The molecule has 0 spiro atoms. The van der Waals surface area contributed by atoms with Crippen molar-refractivity contribution < 1.29 is 27.4 Å². The molecule has 9 heteroatoms. The van der Waals surface area contributed by atoms with E-state index in [2.05, 4.69) is 5.32 Å². The van der Waals surface area contributed by atoms with Crippen LogP contribution < -0.4 is 10.1 Å². The predicted molar refractivity (Wildman–Crippen MR) is 112 cm³/mol. The molecule has 0 unspecified atom stereocenters. The monoisotopic (exact) mass is 434 g/mol. The number of rotatable bonds is 9. The van der Waals surface area contributed by atoms with Gasteiger partial charge in [-0.25, -0.2) is 8.42 Å². The summed E-state index contributed by atoms with van der Waals surface area (Å²) < 4.78 is 43.7. The highest BCUT2D eigenvalue weighted by molar-refractivity contribution is 7.89. The standard InChI is InChI=1S/C21H26N2O6S/c1-2-27-13-10-21(24)22-19-16-18(30(25,26)23-11-14-28-15-12-23)8-9-20(19)29-17-6-4-3-5-7-17/h3-9,16H,2,10-15H2,1H3,(H,22,24). The van der Waals surface area contributed by atoms with Crippen molar-refractivity contribution in [3.05, 3.63) is 48.5 Å². The van der Waals surface area contributed by atoms with Crippen LogP contribution in [-0.2, 0) is 24.3 Å². The maximum Gasteiger partial charge on any atom is 0.243 e. The zero-order valence-electron chi connectivity index (χ0n) is 16.9. The third kappa shape index (κ3) is 5.79. The highest BCUT2D eigenvalue weighted by Crippen LogP contribution is 2.33. The molecule has 30 heavy (non-hydrogen) atoms. The first-order chi connectivity index (χ1) is 14.5. The van der Waals surface area contributed by atoms with E-state index in [1.807, 2.05) is 25.1 Å². The predicted octanol–water partition coefficient (Wildman–Crippen LogP) is 2.86. The Bertz CT molecular complexity index is 943. The first-order valence-electron chi connectivity index (χ1n) is 9.83. The Kier molecular flexibility index (Phi) is 7.81. The molecule has 8 nitrogen and oxygen atoms in total. The Morgan fingerprint density at radius 1 is 1.13 bits per heavy atom. The number of para-hydroxylation sites is 1. The van der Waals surface area contributed by atoms with E-state index in [0.717, 1.165) is 0 Å². The summed E-state index contributed by atoms with van der Waals surface area (Å²) in [4.78, 5) is 12.4. The fourth-order valence-electron chi connectivity index (χ4n) is 2.93. The number of morpholine rings is 1. The van der Waals surface area contributed by atoms with Crippen molar-refractivity contribution in [2.24, 2.45) is 0 Å². The Morgan fingerprint density at radius 3 is 2.57 bits per heavy atom. The van der Waals surface area contributed by atoms with E-state index < -0.39 is 10.0 Å². The van der Waals surface area contributed by atoms with E-state index in [1.165, 1.54) is 16.4 Å². The SMILES string of the molecule is CCOCCC(=O)Nc1cc(S(=O)(=O)N2CCOCC2)ccc1Oc1ccccc1. The molecule has 0 saturated carbocycles. The van der Waals surface area contributed by atoms with Gasteiger partial charge in [-0.05, 0) is 37.3 Å². The van der Waals surface area contributed by atoms with Crippen LogP contribution in [0.4, 0.5) is 5.69 Å². The zero-order chi connectivity index (χ0) is 21.4. The van der Waals surface area contributed by atoms with Crippen LogP contribution in [0, 0.1) is 0 Å². The van der Waals surface area contributed by atoms with Crippen LogP contribution in [0.25, 0.3) is 0 Å². The summed E-state index contributed by atoms with van der Waals surface area (Å²) in [5.41, 5.74) is 0.287. The first-order valence-corrected chi connectivity index (χ1v) is 11.3. The number of nitrogens with zero attached hydrogens (tertiary/aromatic N) is 1. The third-order valence-corrected chi connectivity index (χ3v) is 6.38. The van der Waals surface area contributed by atoms with Crippen molar-refractivity contribution in [2.45, 2.75) is 18.2 Å². The molecule has 162 valence electrons. The molecular formula is C21H26N2O6S. The largest absolute Gasteiger partial charge is 0.455 e. The van der Waals surface area contributed by atoms with Gasteiger partial charge in [-0.2, -0.15) is 4.31 Å². The summed E-state index contributed by atoms with van der Waals surface area (Å²) in [6, 6.07) is 13.5. The van der Waals surface area contributed by atoms with Crippen LogP contribution in [0.15, 0.2) is 53.4 Å². The van der Waals surface area contributed by atoms with Gasteiger partial charge in [0.25, 0.3) is 0 Å². The lowest BCUT2D eigenvalue weighted by atomic mass is 10.2. The molecule has 0 aliphatic carbocycles. The second-order valence-corrected chi connectivity index (χ2v) is 8.52. The number of ether oxygens (including phenoxy) is 3. The maximum atomic E-state index is 13.0. The fraction of sp³-hybridized carbons (Fsp3) is 0.381. The van der Waals surface area contributed by atoms with Gasteiger partial charge < -0.3 is 19.5 Å². The van der Waals surface area contributed by atoms with E-state index in [9.17, 15) is 13.2 Å². The van der Waals surface area contributed by atoms with Crippen LogP contribution in [0.3, 0.4) is 0 Å². The fourth-order valence-corrected chi connectivity index (χ4v) is 4.36. The summed E-state index contributed by atoms with van der Waals surface area (Å²) in [6.45, 7) is 3.95. The van der Waals surface area contributed by atoms with E-state index in [-0.39, 0.29) is 29.5 Å². The van der Waals surface area contributed by atoms with E-state index in [4.69, 9.17) is 14.2 Å². The molecule has 1 fully saturated rings. The maximum absolute atomic E-state index is 13.0. The van der Waals surface area contributed by atoms with E-state index in [1.54, 1.807) is 18.2 Å². The molecule has 3 rings (SSSR count). The van der Waals surface area contributed by atoms with E-state index >= 15 is 0 Å². The zero-order valence-corrected chi connectivity index (χ0v) is 17.7. The summed E-state index contributed by atoms with van der Waals surface area (Å²) in [7, 11) is -3.71. The third-order valence-electron chi connectivity index (χ3n) is 4.48. The Balaban J connectivity index is 1.87. The molecule has 1 amide bonds. The molecule has 1 N–H and O–H groups in total. The van der Waals surface area contributed by atoms with Crippen LogP contribution in [0.2, 0.25) is 0 Å². The van der Waals surface area contributed by atoms with Gasteiger partial charge in [0.1, 0.15) is 5.75 Å². The number of carbonyl (C=O) groups is 1. The van der Waals surface area contributed by atoms with Gasteiger partial charge in [0.15, 0.2) is 5.75 Å². The van der Waals surface area contributed by atoms with Crippen LogP contribution in [-0.4, -0.2) is 58.1 Å². The second-order valence-electron chi connectivity index (χ2n) is 6.58. The van der Waals surface area contributed by atoms with Gasteiger partial charge in [0, 0.05) is 19.7 Å². The van der Waals surface area contributed by atoms with Crippen molar-refractivity contribution in [3.8, 4) is 11.5 Å². The summed E-state index contributed by atoms with van der Waals surface area (Å²) in [5.74, 6) is 0.639. The highest BCUT2D eigenvalue weighted by Gasteiger charge is 2.27. The molecule has 1 saturated heterocycles. The normalized spacial score (nSPS) is 15.0. The lowest BCUT2D eigenvalue weighted by Gasteiger charge is -2.26. The minimum absolute atomic E-state index is 0.0879. The number of nitrogens with one attached hydrogen (secondary N) is 1. The number of benzene rings is 2. The highest BCUT2D eigenvalue weighted by atomic mass is 32.2. The van der Waals surface area contributed by atoms with Gasteiger partial charge in [-0.15, -0.1) is 0 Å². The van der Waals surface area contributed by atoms with Gasteiger partial charge in [-0.1, -0.05) is 18.2 Å². The van der Waals surface area contributed by atoms with Gasteiger partial charge in [0.05, 0.1) is 36.8 Å². The minimum atomic E-state index is -3.71. The molecule has 2 aromatic rings. The summed E-state index contributed by atoms with van der Waals surface area (Å²) in [5, 5.41) is 2.75. The average molecular weight is 435 g/mol.